The Morgan fingerprint density at radius 3 is 2.41 bits per heavy atom. The van der Waals surface area contributed by atoms with Crippen LogP contribution in [0.25, 0.3) is 0 Å². The van der Waals surface area contributed by atoms with Crippen molar-refractivity contribution in [2.75, 3.05) is 37.2 Å². The van der Waals surface area contributed by atoms with E-state index in [4.69, 9.17) is 23.2 Å². The lowest BCUT2D eigenvalue weighted by Gasteiger charge is -2.31. The third-order valence-corrected chi connectivity index (χ3v) is 11.3. The van der Waals surface area contributed by atoms with Gasteiger partial charge in [0.05, 0.1) is 22.5 Å². The maximum absolute atomic E-state index is 13.0. The summed E-state index contributed by atoms with van der Waals surface area (Å²) in [6, 6.07) is 4.21. The fraction of sp³-hybridized carbons (Fsp3) is 0.474. The third-order valence-electron chi connectivity index (χ3n) is 5.37. The standard InChI is InChI=1S/C19H24BrCl2N3O6S3/c1-33(28,29)24-13-8-12(2-3-14(13)26)15(27)10-23-9-11-4-6-25(7-5-11)34(30,31)17-16(20)18(21)32-19(17)22/h2-3,8,11,15,23-24,26-27H,4-7,9-10H2,1H3/t15-/m0/s1. The second-order valence-corrected chi connectivity index (χ2v) is 14.6. The molecule has 2 heterocycles. The topological polar surface area (TPSA) is 136 Å². The first-order chi connectivity index (χ1) is 15.8. The molecule has 1 saturated heterocycles. The quantitative estimate of drug-likeness (QED) is 0.309. The Balaban J connectivity index is 1.52. The van der Waals surface area contributed by atoms with Crippen molar-refractivity contribution in [1.29, 1.82) is 0 Å². The van der Waals surface area contributed by atoms with Gasteiger partial charge in [-0.3, -0.25) is 4.72 Å². The molecular formula is C19H24BrCl2N3O6S3. The molecule has 1 aliphatic rings. The fourth-order valence-electron chi connectivity index (χ4n) is 3.63. The number of aliphatic hydroxyl groups is 1. The number of phenolic OH excluding ortho intramolecular Hbond substituents is 1. The highest BCUT2D eigenvalue weighted by Crippen LogP contribution is 2.44. The average molecular weight is 637 g/mol. The summed E-state index contributed by atoms with van der Waals surface area (Å²) in [6.07, 6.45) is 1.31. The van der Waals surface area contributed by atoms with E-state index in [9.17, 15) is 27.0 Å². The first-order valence-electron chi connectivity index (χ1n) is 10.1. The number of thiophene rings is 1. The van der Waals surface area contributed by atoms with Crippen molar-refractivity contribution >= 4 is 76.2 Å². The molecule has 15 heteroatoms. The third kappa shape index (κ3) is 6.77. The Morgan fingerprint density at radius 2 is 1.85 bits per heavy atom. The van der Waals surface area contributed by atoms with Crippen molar-refractivity contribution in [2.24, 2.45) is 5.92 Å². The van der Waals surface area contributed by atoms with Gasteiger partial charge in [0.2, 0.25) is 20.0 Å². The van der Waals surface area contributed by atoms with Gasteiger partial charge in [-0.1, -0.05) is 29.3 Å². The highest BCUT2D eigenvalue weighted by atomic mass is 79.9. The molecule has 190 valence electrons. The molecule has 0 amide bonds. The van der Waals surface area contributed by atoms with E-state index < -0.39 is 26.2 Å². The Hall–Kier alpha value is -0.640. The minimum Gasteiger partial charge on any atom is -0.506 e. The maximum Gasteiger partial charge on any atom is 0.246 e. The number of rotatable bonds is 9. The number of anilines is 1. The lowest BCUT2D eigenvalue weighted by atomic mass is 9.98. The van der Waals surface area contributed by atoms with Crippen molar-refractivity contribution in [2.45, 2.75) is 23.8 Å². The van der Waals surface area contributed by atoms with Crippen molar-refractivity contribution in [1.82, 2.24) is 9.62 Å². The van der Waals surface area contributed by atoms with Crippen LogP contribution in [-0.4, -0.2) is 63.8 Å². The van der Waals surface area contributed by atoms with E-state index in [1.807, 2.05) is 0 Å². The average Bonchev–Trinajstić information content (AvgIpc) is 3.00. The number of phenols is 1. The molecule has 0 radical (unpaired) electrons. The molecular weight excluding hydrogens is 613 g/mol. The van der Waals surface area contributed by atoms with Crippen LogP contribution in [0.3, 0.4) is 0 Å². The minimum absolute atomic E-state index is 0.00231. The summed E-state index contributed by atoms with van der Waals surface area (Å²) >= 11 is 16.3. The molecule has 0 spiro atoms. The van der Waals surface area contributed by atoms with Crippen molar-refractivity contribution in [3.63, 3.8) is 0 Å². The number of halogens is 3. The van der Waals surface area contributed by atoms with E-state index in [-0.39, 0.29) is 41.9 Å². The van der Waals surface area contributed by atoms with Gasteiger partial charge in [0.25, 0.3) is 0 Å². The summed E-state index contributed by atoms with van der Waals surface area (Å²) in [4.78, 5) is 0.00231. The number of aromatic hydroxyl groups is 1. The highest BCUT2D eigenvalue weighted by molar-refractivity contribution is 9.10. The first-order valence-corrected chi connectivity index (χ1v) is 15.8. The zero-order chi connectivity index (χ0) is 25.3. The van der Waals surface area contributed by atoms with Crippen LogP contribution in [0, 0.1) is 5.92 Å². The summed E-state index contributed by atoms with van der Waals surface area (Å²) in [7, 11) is -7.35. The van der Waals surface area contributed by atoms with Crippen molar-refractivity contribution in [3.05, 3.63) is 36.9 Å². The van der Waals surface area contributed by atoms with Crippen LogP contribution in [-0.2, 0) is 20.0 Å². The molecule has 34 heavy (non-hydrogen) atoms. The molecule has 1 atom stereocenters. The molecule has 0 unspecified atom stereocenters. The van der Waals surface area contributed by atoms with Gasteiger partial charge in [-0.15, -0.1) is 11.3 Å². The molecule has 1 aromatic heterocycles. The van der Waals surface area contributed by atoms with Crippen LogP contribution < -0.4 is 10.0 Å². The maximum atomic E-state index is 13.0. The molecule has 0 bridgehead atoms. The van der Waals surface area contributed by atoms with E-state index >= 15 is 0 Å². The van der Waals surface area contributed by atoms with Crippen molar-refractivity contribution in [3.8, 4) is 5.75 Å². The fourth-order valence-corrected chi connectivity index (χ4v) is 9.14. The number of hydrogen-bond acceptors (Lipinski definition) is 8. The summed E-state index contributed by atoms with van der Waals surface area (Å²) in [5, 5.41) is 23.5. The van der Waals surface area contributed by atoms with Crippen LogP contribution in [0.1, 0.15) is 24.5 Å². The van der Waals surface area contributed by atoms with Gasteiger partial charge < -0.3 is 15.5 Å². The normalized spacial score (nSPS) is 17.1. The Bertz CT molecular complexity index is 1250. The summed E-state index contributed by atoms with van der Waals surface area (Å²) in [6.45, 7) is 1.46. The molecule has 1 fully saturated rings. The Labute approximate surface area is 221 Å². The van der Waals surface area contributed by atoms with Crippen LogP contribution in [0.15, 0.2) is 27.6 Å². The summed E-state index contributed by atoms with van der Waals surface area (Å²) < 4.78 is 53.2. The predicted octanol–water partition coefficient (Wildman–Crippen LogP) is 3.62. The van der Waals surface area contributed by atoms with E-state index in [0.29, 0.717) is 38.0 Å². The number of nitrogens with one attached hydrogen (secondary N) is 2. The number of sulfonamides is 2. The molecule has 2 aromatic rings. The van der Waals surface area contributed by atoms with E-state index in [1.54, 1.807) is 0 Å². The molecule has 0 aliphatic carbocycles. The Kier molecular flexibility index (Phi) is 9.18. The number of piperidine rings is 1. The molecule has 0 saturated carbocycles. The van der Waals surface area contributed by atoms with Gasteiger partial charge in [-0.05, 0) is 58.9 Å². The van der Waals surface area contributed by atoms with Crippen LogP contribution in [0.4, 0.5) is 5.69 Å². The summed E-state index contributed by atoms with van der Waals surface area (Å²) in [5.74, 6) is -0.0278. The summed E-state index contributed by atoms with van der Waals surface area (Å²) in [5.41, 5.74) is 0.431. The lowest BCUT2D eigenvalue weighted by Crippen LogP contribution is -2.41. The van der Waals surface area contributed by atoms with Gasteiger partial charge in [0, 0.05) is 19.6 Å². The van der Waals surface area contributed by atoms with Gasteiger partial charge in [0.15, 0.2) is 0 Å². The molecule has 9 nitrogen and oxygen atoms in total. The second kappa shape index (κ2) is 11.2. The SMILES string of the molecule is CS(=O)(=O)Nc1cc([C@@H](O)CNCC2CCN(S(=O)(=O)c3c(Cl)sc(Cl)c3Br)CC2)ccc1O. The van der Waals surface area contributed by atoms with E-state index in [1.165, 1.54) is 22.5 Å². The smallest absolute Gasteiger partial charge is 0.246 e. The molecule has 3 rings (SSSR count). The highest BCUT2D eigenvalue weighted by Gasteiger charge is 2.34. The van der Waals surface area contributed by atoms with Crippen molar-refractivity contribution < 1.29 is 27.0 Å². The number of hydrogen-bond donors (Lipinski definition) is 4. The van der Waals surface area contributed by atoms with Crippen LogP contribution in [0.2, 0.25) is 8.67 Å². The number of aliphatic hydroxyl groups excluding tert-OH is 1. The Morgan fingerprint density at radius 1 is 1.21 bits per heavy atom. The lowest BCUT2D eigenvalue weighted by molar-refractivity contribution is 0.169. The zero-order valence-electron chi connectivity index (χ0n) is 18.0. The number of benzene rings is 1. The van der Waals surface area contributed by atoms with Gasteiger partial charge in [0.1, 0.15) is 19.3 Å². The largest absolute Gasteiger partial charge is 0.506 e. The molecule has 4 N–H and O–H groups in total. The molecule has 1 aromatic carbocycles. The molecule has 1 aliphatic heterocycles. The van der Waals surface area contributed by atoms with Crippen LogP contribution in [0.5, 0.6) is 5.75 Å². The van der Waals surface area contributed by atoms with E-state index in [0.717, 1.165) is 17.6 Å². The van der Waals surface area contributed by atoms with E-state index in [2.05, 4.69) is 26.0 Å². The minimum atomic E-state index is -3.77. The second-order valence-electron chi connectivity index (χ2n) is 7.96. The predicted molar refractivity (Wildman–Crippen MR) is 138 cm³/mol. The zero-order valence-corrected chi connectivity index (χ0v) is 23.5. The first kappa shape index (κ1) is 27.9. The monoisotopic (exact) mass is 635 g/mol. The van der Waals surface area contributed by atoms with Gasteiger partial charge in [-0.25, -0.2) is 16.8 Å². The van der Waals surface area contributed by atoms with Gasteiger partial charge in [-0.2, -0.15) is 4.31 Å². The number of nitrogens with zero attached hydrogens (tertiary/aromatic N) is 1. The van der Waals surface area contributed by atoms with Gasteiger partial charge >= 0.3 is 0 Å². The van der Waals surface area contributed by atoms with Crippen LogP contribution >= 0.6 is 50.5 Å².